The SMILES string of the molecule is CC1CC=CC=C1n1c2ccccc2c2ccc3c(c4ccccc4n3-c3ncncn3)c21. The highest BCUT2D eigenvalue weighted by Gasteiger charge is 2.23. The van der Waals surface area contributed by atoms with Crippen molar-refractivity contribution in [3.63, 3.8) is 0 Å². The van der Waals surface area contributed by atoms with Crippen LogP contribution < -0.4 is 0 Å². The van der Waals surface area contributed by atoms with Gasteiger partial charge in [-0.05, 0) is 30.7 Å². The van der Waals surface area contributed by atoms with Gasteiger partial charge in [0, 0.05) is 33.2 Å². The van der Waals surface area contributed by atoms with Crippen LogP contribution in [0.15, 0.2) is 91.5 Å². The van der Waals surface area contributed by atoms with Crippen LogP contribution in [0.4, 0.5) is 0 Å². The first-order chi connectivity index (χ1) is 16.3. The Morgan fingerprint density at radius 2 is 1.48 bits per heavy atom. The third-order valence-corrected chi connectivity index (χ3v) is 6.81. The molecule has 0 bridgehead atoms. The van der Waals surface area contributed by atoms with Gasteiger partial charge < -0.3 is 4.57 Å². The molecule has 1 atom stereocenters. The molecule has 3 aromatic carbocycles. The highest BCUT2D eigenvalue weighted by atomic mass is 15.2. The van der Waals surface area contributed by atoms with Gasteiger partial charge in [-0.2, -0.15) is 0 Å². The topological polar surface area (TPSA) is 48.5 Å². The number of para-hydroxylation sites is 2. The van der Waals surface area contributed by atoms with Crippen LogP contribution in [0.2, 0.25) is 0 Å². The molecular weight excluding hydrogens is 406 g/mol. The summed E-state index contributed by atoms with van der Waals surface area (Å²) in [6.07, 6.45) is 10.9. The molecule has 0 N–H and O–H groups in total. The van der Waals surface area contributed by atoms with Gasteiger partial charge in [-0.15, -0.1) is 0 Å². The van der Waals surface area contributed by atoms with Crippen molar-refractivity contribution in [1.82, 2.24) is 24.1 Å². The monoisotopic (exact) mass is 427 g/mol. The van der Waals surface area contributed by atoms with Gasteiger partial charge in [-0.1, -0.05) is 61.5 Å². The van der Waals surface area contributed by atoms with Gasteiger partial charge in [-0.25, -0.2) is 15.0 Å². The van der Waals surface area contributed by atoms with Crippen molar-refractivity contribution in [2.75, 3.05) is 0 Å². The van der Waals surface area contributed by atoms with Gasteiger partial charge >= 0.3 is 0 Å². The lowest BCUT2D eigenvalue weighted by molar-refractivity contribution is 0.725. The number of hydrogen-bond acceptors (Lipinski definition) is 3. The van der Waals surface area contributed by atoms with E-state index in [1.165, 1.54) is 38.3 Å². The Balaban J connectivity index is 1.75. The fourth-order valence-electron chi connectivity index (χ4n) is 5.37. The van der Waals surface area contributed by atoms with Gasteiger partial charge in [0.05, 0.1) is 22.1 Å². The van der Waals surface area contributed by atoms with Crippen molar-refractivity contribution in [2.24, 2.45) is 5.92 Å². The maximum absolute atomic E-state index is 4.48. The minimum absolute atomic E-state index is 0.432. The number of fused-ring (bicyclic) bond motifs is 7. The molecule has 0 saturated carbocycles. The summed E-state index contributed by atoms with van der Waals surface area (Å²) in [6.45, 7) is 2.31. The fraction of sp³-hybridized carbons (Fsp3) is 0.107. The molecule has 7 rings (SSSR count). The summed E-state index contributed by atoms with van der Waals surface area (Å²) in [5.74, 6) is 1.06. The van der Waals surface area contributed by atoms with E-state index in [0.29, 0.717) is 11.9 Å². The number of aromatic nitrogens is 5. The summed E-state index contributed by atoms with van der Waals surface area (Å²) >= 11 is 0. The molecule has 5 heteroatoms. The second kappa shape index (κ2) is 6.87. The van der Waals surface area contributed by atoms with Crippen LogP contribution in [0.5, 0.6) is 0 Å². The standard InChI is InChI=1S/C28H21N5/c1-18-8-2-5-11-22(18)32-23-12-6-3-9-19(23)20-14-15-25-26(27(20)32)21-10-4-7-13-24(21)33(25)28-30-16-29-17-31-28/h2-7,9-18H,8H2,1H3. The van der Waals surface area contributed by atoms with Crippen LogP contribution in [-0.2, 0) is 0 Å². The molecule has 0 radical (unpaired) electrons. The Morgan fingerprint density at radius 3 is 2.27 bits per heavy atom. The second-order valence-electron chi connectivity index (χ2n) is 8.66. The van der Waals surface area contributed by atoms with E-state index in [2.05, 4.69) is 110 Å². The molecule has 0 aliphatic heterocycles. The van der Waals surface area contributed by atoms with E-state index in [4.69, 9.17) is 0 Å². The molecule has 0 saturated heterocycles. The van der Waals surface area contributed by atoms with E-state index in [0.717, 1.165) is 17.5 Å². The average molecular weight is 428 g/mol. The predicted molar refractivity (Wildman–Crippen MR) is 134 cm³/mol. The quantitative estimate of drug-likeness (QED) is 0.316. The lowest BCUT2D eigenvalue weighted by Gasteiger charge is -2.21. The van der Waals surface area contributed by atoms with Crippen molar-refractivity contribution in [3.05, 3.63) is 91.5 Å². The molecular formula is C28H21N5. The molecule has 3 heterocycles. The number of rotatable bonds is 2. The van der Waals surface area contributed by atoms with E-state index in [-0.39, 0.29) is 0 Å². The molecule has 158 valence electrons. The molecule has 1 unspecified atom stereocenters. The molecule has 6 aromatic rings. The Kier molecular flexibility index (Phi) is 3.82. The largest absolute Gasteiger partial charge is 0.312 e. The lowest BCUT2D eigenvalue weighted by Crippen LogP contribution is -2.08. The van der Waals surface area contributed by atoms with Crippen molar-refractivity contribution >= 4 is 49.3 Å². The maximum Gasteiger partial charge on any atom is 0.237 e. The molecule has 0 spiro atoms. The molecule has 3 aromatic heterocycles. The van der Waals surface area contributed by atoms with Crippen LogP contribution in [-0.4, -0.2) is 24.1 Å². The molecule has 5 nitrogen and oxygen atoms in total. The minimum atomic E-state index is 0.432. The molecule has 1 aliphatic rings. The summed E-state index contributed by atoms with van der Waals surface area (Å²) in [5, 5.41) is 4.96. The summed E-state index contributed by atoms with van der Waals surface area (Å²) < 4.78 is 4.62. The number of benzene rings is 3. The number of nitrogens with zero attached hydrogens (tertiary/aromatic N) is 5. The van der Waals surface area contributed by atoms with E-state index < -0.39 is 0 Å². The first-order valence-corrected chi connectivity index (χ1v) is 11.3. The van der Waals surface area contributed by atoms with Gasteiger partial charge in [0.25, 0.3) is 0 Å². The first-order valence-electron chi connectivity index (χ1n) is 11.3. The maximum atomic E-state index is 4.48. The first kappa shape index (κ1) is 18.3. The third-order valence-electron chi connectivity index (χ3n) is 6.81. The smallest absolute Gasteiger partial charge is 0.237 e. The summed E-state index contributed by atoms with van der Waals surface area (Å²) in [5.41, 5.74) is 6.00. The van der Waals surface area contributed by atoms with E-state index >= 15 is 0 Å². The predicted octanol–water partition coefficient (Wildman–Crippen LogP) is 6.51. The van der Waals surface area contributed by atoms with Gasteiger partial charge in [0.15, 0.2) is 0 Å². The van der Waals surface area contributed by atoms with E-state index in [9.17, 15) is 0 Å². The van der Waals surface area contributed by atoms with Crippen LogP contribution >= 0.6 is 0 Å². The van der Waals surface area contributed by atoms with Crippen LogP contribution in [0.1, 0.15) is 13.3 Å². The van der Waals surface area contributed by atoms with Crippen molar-refractivity contribution in [3.8, 4) is 5.95 Å². The van der Waals surface area contributed by atoms with Crippen molar-refractivity contribution in [1.29, 1.82) is 0 Å². The molecule has 33 heavy (non-hydrogen) atoms. The van der Waals surface area contributed by atoms with Crippen molar-refractivity contribution < 1.29 is 0 Å². The Morgan fingerprint density at radius 1 is 0.758 bits per heavy atom. The Labute approximate surface area is 190 Å². The Hall–Kier alpha value is -4.25. The highest BCUT2D eigenvalue weighted by molar-refractivity contribution is 6.26. The summed E-state index contributed by atoms with van der Waals surface area (Å²) in [7, 11) is 0. The lowest BCUT2D eigenvalue weighted by atomic mass is 9.98. The Bertz CT molecular complexity index is 1750. The zero-order chi connectivity index (χ0) is 21.9. The van der Waals surface area contributed by atoms with Gasteiger partial charge in [-0.3, -0.25) is 4.57 Å². The normalized spacial score (nSPS) is 16.3. The fourth-order valence-corrected chi connectivity index (χ4v) is 5.37. The molecule has 0 fully saturated rings. The number of hydrogen-bond donors (Lipinski definition) is 0. The minimum Gasteiger partial charge on any atom is -0.312 e. The highest BCUT2D eigenvalue weighted by Crippen LogP contribution is 2.42. The van der Waals surface area contributed by atoms with Crippen LogP contribution in [0.3, 0.4) is 0 Å². The zero-order valence-corrected chi connectivity index (χ0v) is 18.2. The van der Waals surface area contributed by atoms with Gasteiger partial charge in [0.1, 0.15) is 12.7 Å². The van der Waals surface area contributed by atoms with E-state index in [1.54, 1.807) is 12.7 Å². The van der Waals surface area contributed by atoms with Crippen LogP contribution in [0, 0.1) is 5.92 Å². The van der Waals surface area contributed by atoms with Crippen molar-refractivity contribution in [2.45, 2.75) is 13.3 Å². The zero-order valence-electron chi connectivity index (χ0n) is 18.2. The van der Waals surface area contributed by atoms with E-state index in [1.807, 2.05) is 0 Å². The summed E-state index contributed by atoms with van der Waals surface area (Å²) in [4.78, 5) is 13.0. The molecule has 1 aliphatic carbocycles. The number of allylic oxidation sites excluding steroid dienone is 4. The third kappa shape index (κ3) is 2.50. The molecule has 0 amide bonds. The van der Waals surface area contributed by atoms with Crippen LogP contribution in [0.25, 0.3) is 55.3 Å². The summed E-state index contributed by atoms with van der Waals surface area (Å²) in [6, 6.07) is 21.7. The average Bonchev–Trinajstić information content (AvgIpc) is 3.38. The second-order valence-corrected chi connectivity index (χ2v) is 8.66. The van der Waals surface area contributed by atoms with Gasteiger partial charge in [0.2, 0.25) is 5.95 Å².